The summed E-state index contributed by atoms with van der Waals surface area (Å²) in [6.07, 6.45) is -8.19. The molecule has 1 aliphatic carbocycles. The van der Waals surface area contributed by atoms with Crippen LogP contribution < -0.4 is 0 Å². The van der Waals surface area contributed by atoms with Crippen LogP contribution in [0, 0.1) is 5.41 Å². The summed E-state index contributed by atoms with van der Waals surface area (Å²) in [6.45, 7) is 6.43. The third-order valence-corrected chi connectivity index (χ3v) is 7.90. The lowest BCUT2D eigenvalue weighted by Gasteiger charge is -2.40. The maximum absolute atomic E-state index is 12.1. The SMILES string of the molecule is CC(=O)OC[C@H]1O[C@@H]2OC(C3(C4=N[C@H]5[C@@H](O4)O[C@H](COC(C)=O)[C@@H](OC(C)=O)[C@@H]5OC(C)=O)CC3)=N[C@@H]2[C@@H](OC(C)=O)[C@@H]1OC(C)=O. The molecule has 5 rings (SSSR count). The van der Waals surface area contributed by atoms with Crippen molar-refractivity contribution < 1.29 is 76.1 Å². The number of esters is 6. The topological polar surface area (TPSA) is 219 Å². The first-order valence-electron chi connectivity index (χ1n) is 14.9. The Balaban J connectivity index is 1.44. The van der Waals surface area contributed by atoms with Gasteiger partial charge in [-0.1, -0.05) is 0 Å². The lowest BCUT2D eigenvalue weighted by molar-refractivity contribution is -0.250. The highest BCUT2D eigenvalue weighted by Gasteiger charge is 2.65. The Hall–Kier alpha value is -4.32. The third kappa shape index (κ3) is 7.32. The van der Waals surface area contributed by atoms with Gasteiger partial charge in [0.05, 0.1) is 0 Å². The highest BCUT2D eigenvalue weighted by molar-refractivity contribution is 6.09. The summed E-state index contributed by atoms with van der Waals surface area (Å²) in [7, 11) is 0. The molecule has 0 aromatic rings. The quantitative estimate of drug-likeness (QED) is 0.215. The average Bonchev–Trinajstić information content (AvgIpc) is 3.47. The van der Waals surface area contributed by atoms with Crippen molar-refractivity contribution in [3.8, 4) is 0 Å². The van der Waals surface area contributed by atoms with E-state index in [9.17, 15) is 28.8 Å². The molecule has 18 nitrogen and oxygen atoms in total. The van der Waals surface area contributed by atoms with Gasteiger partial charge in [-0.25, -0.2) is 9.98 Å². The molecule has 0 aromatic heterocycles. The molecular weight excluding hydrogens is 632 g/mol. The van der Waals surface area contributed by atoms with Crippen LogP contribution in [-0.2, 0) is 76.1 Å². The molecule has 5 aliphatic rings. The predicted octanol–water partition coefficient (Wildman–Crippen LogP) is -0.336. The Kier molecular flexibility index (Phi) is 9.72. The summed E-state index contributed by atoms with van der Waals surface area (Å²) in [5, 5.41) is 0. The fourth-order valence-electron chi connectivity index (χ4n) is 5.91. The Morgan fingerprint density at radius 2 is 0.915 bits per heavy atom. The minimum absolute atomic E-state index is 0.133. The Morgan fingerprint density at radius 3 is 1.21 bits per heavy atom. The van der Waals surface area contributed by atoms with Gasteiger partial charge in [0, 0.05) is 41.5 Å². The van der Waals surface area contributed by atoms with E-state index in [4.69, 9.17) is 57.4 Å². The molecule has 0 amide bonds. The lowest BCUT2D eigenvalue weighted by atomic mass is 9.97. The Bertz CT molecular complexity index is 1280. The largest absolute Gasteiger partial charge is 0.463 e. The summed E-state index contributed by atoms with van der Waals surface area (Å²) in [5.41, 5.74) is -1.02. The standard InChI is InChI=1S/C29H36N2O16/c1-11(32)38-9-17-21(40-13(3)34)23(42-15(5)36)19-25(44-17)46-27(30-19)29(7-8-29)28-31-20-24(43-16(6)37)22(41-14(4)35)18(10-39-12(2)33)45-26(20)47-28/h17-26H,7-10H2,1-6H3/t17-,18-,19-,20-,21-,22-,23-,24-,25-,26-/m1/s1. The number of ether oxygens (including phenoxy) is 10. The zero-order chi connectivity index (χ0) is 34.2. The fraction of sp³-hybridized carbons (Fsp3) is 0.724. The Labute approximate surface area is 268 Å². The zero-order valence-electron chi connectivity index (χ0n) is 26.5. The van der Waals surface area contributed by atoms with E-state index in [0.29, 0.717) is 12.8 Å². The van der Waals surface area contributed by atoms with E-state index in [2.05, 4.69) is 0 Å². The van der Waals surface area contributed by atoms with E-state index in [1.54, 1.807) is 0 Å². The summed E-state index contributed by atoms with van der Waals surface area (Å²) >= 11 is 0. The van der Waals surface area contributed by atoms with E-state index in [0.717, 1.165) is 0 Å². The number of carbonyl (C=O) groups excluding carboxylic acids is 6. The van der Waals surface area contributed by atoms with E-state index < -0.39 is 103 Å². The van der Waals surface area contributed by atoms with Gasteiger partial charge in [-0.05, 0) is 12.8 Å². The summed E-state index contributed by atoms with van der Waals surface area (Å²) in [5.74, 6) is -3.71. The maximum atomic E-state index is 12.1. The monoisotopic (exact) mass is 668 g/mol. The van der Waals surface area contributed by atoms with Crippen LogP contribution in [0.4, 0.5) is 0 Å². The van der Waals surface area contributed by atoms with Gasteiger partial charge in [0.25, 0.3) is 0 Å². The van der Waals surface area contributed by atoms with Crippen molar-refractivity contribution in [1.82, 2.24) is 0 Å². The second-order valence-corrected chi connectivity index (χ2v) is 11.7. The zero-order valence-corrected chi connectivity index (χ0v) is 26.5. The van der Waals surface area contributed by atoms with Crippen LogP contribution >= 0.6 is 0 Å². The van der Waals surface area contributed by atoms with Crippen molar-refractivity contribution >= 4 is 47.6 Å². The van der Waals surface area contributed by atoms with Crippen molar-refractivity contribution in [2.24, 2.45) is 15.4 Å². The van der Waals surface area contributed by atoms with E-state index in [1.807, 2.05) is 0 Å². The van der Waals surface area contributed by atoms with Crippen LogP contribution in [0.5, 0.6) is 0 Å². The number of hydrogen-bond donors (Lipinski definition) is 0. The molecule has 47 heavy (non-hydrogen) atoms. The molecule has 0 radical (unpaired) electrons. The van der Waals surface area contributed by atoms with Crippen molar-refractivity contribution in [3.05, 3.63) is 0 Å². The molecule has 0 unspecified atom stereocenters. The number of nitrogens with zero attached hydrogens (tertiary/aromatic N) is 2. The summed E-state index contributed by atoms with van der Waals surface area (Å²) < 4.78 is 56.6. The van der Waals surface area contributed by atoms with Gasteiger partial charge in [0.1, 0.15) is 30.8 Å². The first kappa shape index (κ1) is 34.0. The Morgan fingerprint density at radius 1 is 0.574 bits per heavy atom. The smallest absolute Gasteiger partial charge is 0.303 e. The molecule has 0 N–H and O–H groups in total. The van der Waals surface area contributed by atoms with Gasteiger partial charge in [-0.3, -0.25) is 28.8 Å². The van der Waals surface area contributed by atoms with Gasteiger partial charge < -0.3 is 47.4 Å². The third-order valence-electron chi connectivity index (χ3n) is 7.90. The molecule has 0 bridgehead atoms. The van der Waals surface area contributed by atoms with Gasteiger partial charge in [0.15, 0.2) is 36.5 Å². The fourth-order valence-corrected chi connectivity index (χ4v) is 5.91. The van der Waals surface area contributed by atoms with Crippen LogP contribution in [-0.4, -0.2) is 122 Å². The molecule has 258 valence electrons. The minimum Gasteiger partial charge on any atom is -0.463 e. The summed E-state index contributed by atoms with van der Waals surface area (Å²) in [6, 6.07) is -1.97. The van der Waals surface area contributed by atoms with Crippen LogP contribution in [0.25, 0.3) is 0 Å². The highest BCUT2D eigenvalue weighted by atomic mass is 16.7. The molecule has 0 spiro atoms. The number of carbonyl (C=O) groups is 6. The molecular formula is C29H36N2O16. The molecule has 18 heteroatoms. The van der Waals surface area contributed by atoms with Crippen molar-refractivity contribution in [2.75, 3.05) is 13.2 Å². The van der Waals surface area contributed by atoms with Crippen molar-refractivity contribution in [3.63, 3.8) is 0 Å². The molecule has 2 saturated heterocycles. The van der Waals surface area contributed by atoms with Crippen molar-refractivity contribution in [2.45, 2.75) is 116 Å². The van der Waals surface area contributed by atoms with Gasteiger partial charge in [-0.15, -0.1) is 0 Å². The molecule has 0 aromatic carbocycles. The van der Waals surface area contributed by atoms with Crippen LogP contribution in [0.1, 0.15) is 54.4 Å². The molecule has 4 heterocycles. The summed E-state index contributed by atoms with van der Waals surface area (Å²) in [4.78, 5) is 80.8. The lowest BCUT2D eigenvalue weighted by Crippen LogP contribution is -2.60. The normalized spacial score (nSPS) is 34.4. The van der Waals surface area contributed by atoms with Gasteiger partial charge >= 0.3 is 35.8 Å². The second kappa shape index (κ2) is 13.4. The maximum Gasteiger partial charge on any atom is 0.303 e. The van der Waals surface area contributed by atoms with Crippen LogP contribution in [0.2, 0.25) is 0 Å². The number of rotatable bonds is 10. The highest BCUT2D eigenvalue weighted by Crippen LogP contribution is 2.54. The van der Waals surface area contributed by atoms with Gasteiger partial charge in [0.2, 0.25) is 24.4 Å². The molecule has 1 saturated carbocycles. The number of hydrogen-bond acceptors (Lipinski definition) is 18. The average molecular weight is 669 g/mol. The first-order chi connectivity index (χ1) is 22.2. The van der Waals surface area contributed by atoms with E-state index >= 15 is 0 Å². The predicted molar refractivity (Wildman–Crippen MR) is 149 cm³/mol. The van der Waals surface area contributed by atoms with Crippen LogP contribution in [0.15, 0.2) is 9.98 Å². The number of aliphatic imine (C=N–C) groups is 2. The van der Waals surface area contributed by atoms with Crippen LogP contribution in [0.3, 0.4) is 0 Å². The van der Waals surface area contributed by atoms with E-state index in [-0.39, 0.29) is 25.0 Å². The molecule has 4 aliphatic heterocycles. The van der Waals surface area contributed by atoms with Crippen molar-refractivity contribution in [1.29, 1.82) is 0 Å². The minimum atomic E-state index is -1.19. The second-order valence-electron chi connectivity index (χ2n) is 11.7. The molecule has 3 fully saturated rings. The van der Waals surface area contributed by atoms with E-state index in [1.165, 1.54) is 41.5 Å². The first-order valence-corrected chi connectivity index (χ1v) is 14.9. The molecule has 10 atom stereocenters. The number of fused-ring (bicyclic) bond motifs is 2. The van der Waals surface area contributed by atoms with Gasteiger partial charge in [-0.2, -0.15) is 0 Å².